The van der Waals surface area contributed by atoms with Gasteiger partial charge in [-0.3, -0.25) is 9.59 Å². The molecule has 0 aliphatic carbocycles. The first-order valence-corrected chi connectivity index (χ1v) is 7.43. The molecule has 0 aliphatic heterocycles. The second-order valence-electron chi connectivity index (χ2n) is 7.49. The first-order chi connectivity index (χ1) is 8.37. The lowest BCUT2D eigenvalue weighted by atomic mass is 9.86. The highest BCUT2D eigenvalue weighted by atomic mass is 16.1. The third-order valence-corrected chi connectivity index (χ3v) is 2.68. The van der Waals surface area contributed by atoms with E-state index >= 15 is 0 Å². The molecule has 0 aromatic heterocycles. The van der Waals surface area contributed by atoms with Crippen molar-refractivity contribution in [3.05, 3.63) is 0 Å². The van der Waals surface area contributed by atoms with E-state index in [2.05, 4.69) is 27.7 Å². The van der Waals surface area contributed by atoms with E-state index in [1.54, 1.807) is 0 Å². The zero-order chi connectivity index (χ0) is 15.8. The van der Waals surface area contributed by atoms with E-state index in [4.69, 9.17) is 0 Å². The lowest BCUT2D eigenvalue weighted by Crippen LogP contribution is -2.21. The maximum absolute atomic E-state index is 11.3. The van der Waals surface area contributed by atoms with Crippen molar-refractivity contribution in [3.63, 3.8) is 0 Å². The predicted octanol–water partition coefficient (Wildman–Crippen LogP) is 4.91. The average molecular weight is 270 g/mol. The number of carbonyl (C=O) groups is 2. The highest BCUT2D eigenvalue weighted by molar-refractivity contribution is 5.83. The minimum atomic E-state index is -0.149. The molecule has 0 bridgehead atoms. The number of hydrogen-bond acceptors (Lipinski definition) is 2. The fraction of sp³-hybridized carbons (Fsp3) is 0.882. The fourth-order valence-electron chi connectivity index (χ4n) is 1.32. The summed E-state index contributed by atoms with van der Waals surface area (Å²) in [6.07, 6.45) is 1.45. The van der Waals surface area contributed by atoms with Crippen LogP contribution in [0, 0.1) is 23.2 Å². The molecule has 0 N–H and O–H groups in total. The number of Topliss-reactive ketones (excluding diaryl/α,β-unsaturated/α-hetero) is 2. The molecule has 0 aromatic carbocycles. The summed E-state index contributed by atoms with van der Waals surface area (Å²) >= 11 is 0. The Balaban J connectivity index is 0. The zero-order valence-electron chi connectivity index (χ0n) is 14.5. The van der Waals surface area contributed by atoms with Crippen LogP contribution in [0.2, 0.25) is 0 Å². The Hall–Kier alpha value is -0.660. The van der Waals surface area contributed by atoms with Crippen molar-refractivity contribution in [1.82, 2.24) is 0 Å². The number of rotatable bonds is 5. The highest BCUT2D eigenvalue weighted by Crippen LogP contribution is 2.19. The van der Waals surface area contributed by atoms with Crippen LogP contribution in [0.3, 0.4) is 0 Å². The molecule has 0 saturated carbocycles. The van der Waals surface area contributed by atoms with E-state index < -0.39 is 0 Å². The molecule has 2 nitrogen and oxygen atoms in total. The smallest absolute Gasteiger partial charge is 0.138 e. The van der Waals surface area contributed by atoms with E-state index in [1.165, 1.54) is 0 Å². The SMILES string of the molecule is CC(C)CC(=O)C(C)(C)C.CC(C)CC(=O)C(C)C. The van der Waals surface area contributed by atoms with Crippen LogP contribution in [0.1, 0.15) is 75.2 Å². The molecule has 0 aliphatic rings. The molecule has 0 amide bonds. The Bertz CT molecular complexity index is 267. The van der Waals surface area contributed by atoms with Gasteiger partial charge < -0.3 is 0 Å². The predicted molar refractivity (Wildman–Crippen MR) is 83.2 cm³/mol. The van der Waals surface area contributed by atoms with Crippen LogP contribution in [0.25, 0.3) is 0 Å². The summed E-state index contributed by atoms with van der Waals surface area (Å²) in [7, 11) is 0. The third-order valence-electron chi connectivity index (χ3n) is 2.68. The van der Waals surface area contributed by atoms with Gasteiger partial charge in [-0.25, -0.2) is 0 Å². The Morgan fingerprint density at radius 3 is 1.26 bits per heavy atom. The van der Waals surface area contributed by atoms with Crippen molar-refractivity contribution in [2.24, 2.45) is 23.2 Å². The van der Waals surface area contributed by atoms with Crippen LogP contribution in [0.4, 0.5) is 0 Å². The van der Waals surface area contributed by atoms with Gasteiger partial charge in [0.25, 0.3) is 0 Å². The van der Waals surface area contributed by atoms with Gasteiger partial charge in [-0.15, -0.1) is 0 Å². The molecular formula is C17H34O2. The molecule has 114 valence electrons. The molecule has 0 unspecified atom stereocenters. The van der Waals surface area contributed by atoms with Crippen molar-refractivity contribution in [1.29, 1.82) is 0 Å². The molecule has 0 radical (unpaired) electrons. The Morgan fingerprint density at radius 1 is 0.789 bits per heavy atom. The van der Waals surface area contributed by atoms with Crippen LogP contribution in [0.5, 0.6) is 0 Å². The summed E-state index contributed by atoms with van der Waals surface area (Å²) in [6.45, 7) is 18.1. The largest absolute Gasteiger partial charge is 0.299 e. The van der Waals surface area contributed by atoms with Gasteiger partial charge in [-0.2, -0.15) is 0 Å². The van der Waals surface area contributed by atoms with Crippen LogP contribution < -0.4 is 0 Å². The summed E-state index contributed by atoms with van der Waals surface area (Å²) in [5, 5.41) is 0. The molecule has 19 heavy (non-hydrogen) atoms. The Kier molecular flexibility index (Phi) is 10.1. The molecule has 0 aromatic rings. The van der Waals surface area contributed by atoms with Gasteiger partial charge >= 0.3 is 0 Å². The summed E-state index contributed by atoms with van der Waals surface area (Å²) in [6, 6.07) is 0. The minimum absolute atomic E-state index is 0.149. The Labute approximate surface area is 120 Å². The van der Waals surface area contributed by atoms with E-state index in [0.29, 0.717) is 29.8 Å². The zero-order valence-corrected chi connectivity index (χ0v) is 14.5. The van der Waals surface area contributed by atoms with Gasteiger partial charge in [0.1, 0.15) is 11.6 Å². The van der Waals surface area contributed by atoms with Gasteiger partial charge in [0.15, 0.2) is 0 Å². The average Bonchev–Trinajstić information content (AvgIpc) is 2.14. The summed E-state index contributed by atoms with van der Waals surface area (Å²) in [4.78, 5) is 22.2. The van der Waals surface area contributed by atoms with Gasteiger partial charge in [0.2, 0.25) is 0 Å². The fourth-order valence-corrected chi connectivity index (χ4v) is 1.32. The van der Waals surface area contributed by atoms with Crippen LogP contribution in [-0.2, 0) is 9.59 Å². The quantitative estimate of drug-likeness (QED) is 0.711. The molecule has 0 rings (SSSR count). The lowest BCUT2D eigenvalue weighted by molar-refractivity contribution is -0.127. The van der Waals surface area contributed by atoms with Crippen LogP contribution in [0.15, 0.2) is 0 Å². The highest BCUT2D eigenvalue weighted by Gasteiger charge is 2.21. The van der Waals surface area contributed by atoms with Crippen LogP contribution in [-0.4, -0.2) is 11.6 Å². The molecule has 0 fully saturated rings. The van der Waals surface area contributed by atoms with E-state index in [1.807, 2.05) is 34.6 Å². The summed E-state index contributed by atoms with van der Waals surface area (Å²) < 4.78 is 0. The standard InChI is InChI=1S/C9H18O.C8H16O/c1-7(2)6-8(10)9(3,4)5;1-6(2)5-8(9)7(3)4/h7H,6H2,1-5H3;6-7H,5H2,1-4H3. The molecule has 0 atom stereocenters. The maximum atomic E-state index is 11.3. The van der Waals surface area contributed by atoms with Crippen molar-refractivity contribution in [3.8, 4) is 0 Å². The second-order valence-corrected chi connectivity index (χ2v) is 7.49. The Morgan fingerprint density at radius 2 is 1.16 bits per heavy atom. The van der Waals surface area contributed by atoms with E-state index in [-0.39, 0.29) is 11.3 Å². The van der Waals surface area contributed by atoms with E-state index in [9.17, 15) is 9.59 Å². The first kappa shape index (κ1) is 20.7. The topological polar surface area (TPSA) is 34.1 Å². The molecule has 0 spiro atoms. The second kappa shape index (κ2) is 9.28. The van der Waals surface area contributed by atoms with Crippen molar-refractivity contribution < 1.29 is 9.59 Å². The minimum Gasteiger partial charge on any atom is -0.299 e. The number of ketones is 2. The van der Waals surface area contributed by atoms with Gasteiger partial charge in [0, 0.05) is 24.2 Å². The monoisotopic (exact) mass is 270 g/mol. The first-order valence-electron chi connectivity index (χ1n) is 7.43. The van der Waals surface area contributed by atoms with Gasteiger partial charge in [0.05, 0.1) is 0 Å². The van der Waals surface area contributed by atoms with Gasteiger partial charge in [-0.05, 0) is 11.8 Å². The summed E-state index contributed by atoms with van der Waals surface area (Å²) in [5.41, 5.74) is -0.149. The van der Waals surface area contributed by atoms with E-state index in [0.717, 1.165) is 6.42 Å². The molecule has 0 heterocycles. The lowest BCUT2D eigenvalue weighted by Gasteiger charge is -2.17. The maximum Gasteiger partial charge on any atom is 0.138 e. The van der Waals surface area contributed by atoms with Crippen molar-refractivity contribution in [2.75, 3.05) is 0 Å². The molecule has 2 heteroatoms. The van der Waals surface area contributed by atoms with Crippen molar-refractivity contribution >= 4 is 11.6 Å². The van der Waals surface area contributed by atoms with Crippen LogP contribution >= 0.6 is 0 Å². The van der Waals surface area contributed by atoms with Crippen molar-refractivity contribution in [2.45, 2.75) is 75.2 Å². The van der Waals surface area contributed by atoms with Gasteiger partial charge in [-0.1, -0.05) is 62.3 Å². The number of carbonyl (C=O) groups excluding carboxylic acids is 2. The summed E-state index contributed by atoms with van der Waals surface area (Å²) in [5.74, 6) is 1.96. The number of hydrogen-bond donors (Lipinski definition) is 0. The third kappa shape index (κ3) is 13.6. The molecule has 0 saturated heterocycles. The normalized spacial score (nSPS) is 11.6. The molecular weight excluding hydrogens is 236 g/mol.